The Morgan fingerprint density at radius 3 is 2.61 bits per heavy atom. The van der Waals surface area contributed by atoms with E-state index in [-0.39, 0.29) is 11.7 Å². The van der Waals surface area contributed by atoms with E-state index in [4.69, 9.17) is 0 Å². The van der Waals surface area contributed by atoms with E-state index in [1.807, 2.05) is 30.3 Å². The number of amides is 1. The number of hydrogen-bond donors (Lipinski definition) is 1. The van der Waals surface area contributed by atoms with Crippen molar-refractivity contribution in [3.8, 4) is 0 Å². The lowest BCUT2D eigenvalue weighted by atomic mass is 10.2. The molecule has 1 amide bonds. The molecule has 1 aliphatic rings. The fourth-order valence-electron chi connectivity index (χ4n) is 1.63. The quantitative estimate of drug-likeness (QED) is 0.831. The highest BCUT2D eigenvalue weighted by atomic mass is 32.2. The van der Waals surface area contributed by atoms with E-state index in [0.717, 1.165) is 11.0 Å². The van der Waals surface area contributed by atoms with Crippen LogP contribution >= 0.6 is 0 Å². The van der Waals surface area contributed by atoms with Crippen molar-refractivity contribution in [1.29, 1.82) is 0 Å². The molecule has 0 aromatic heterocycles. The molecule has 0 saturated heterocycles. The van der Waals surface area contributed by atoms with Crippen LogP contribution in [0.2, 0.25) is 0 Å². The van der Waals surface area contributed by atoms with Gasteiger partial charge < -0.3 is 5.32 Å². The Morgan fingerprint density at radius 2 is 2.00 bits per heavy atom. The van der Waals surface area contributed by atoms with Crippen molar-refractivity contribution in [1.82, 2.24) is 5.32 Å². The van der Waals surface area contributed by atoms with Gasteiger partial charge in [-0.25, -0.2) is 8.42 Å². The molecular weight excluding hydrogens is 250 g/mol. The Labute approximate surface area is 106 Å². The molecule has 4 nitrogen and oxygen atoms in total. The summed E-state index contributed by atoms with van der Waals surface area (Å²) in [5, 5.41) is 3.75. The standard InChI is InChI=1S/C13H13NO3S/c15-13(7-6-11-4-2-1-3-5-11)14-12-8-9-18(16,17)10-12/h1-9,12H,10H2,(H,14,15)/b7-6+/t12-/m0/s1. The molecular formula is C13H13NO3S. The summed E-state index contributed by atoms with van der Waals surface area (Å²) in [5.41, 5.74) is 0.919. The number of carbonyl (C=O) groups excluding carboxylic acids is 1. The summed E-state index contributed by atoms with van der Waals surface area (Å²) in [4.78, 5) is 11.6. The molecule has 1 aliphatic heterocycles. The predicted octanol–water partition coefficient (Wildman–Crippen LogP) is 1.13. The number of rotatable bonds is 3. The van der Waals surface area contributed by atoms with E-state index in [2.05, 4.69) is 5.32 Å². The Kier molecular flexibility index (Phi) is 3.62. The second-order valence-corrected chi connectivity index (χ2v) is 5.95. The fourth-order valence-corrected chi connectivity index (χ4v) is 2.87. The highest BCUT2D eigenvalue weighted by Crippen LogP contribution is 2.08. The highest BCUT2D eigenvalue weighted by molar-refractivity contribution is 7.94. The third-order valence-electron chi connectivity index (χ3n) is 2.48. The molecule has 1 heterocycles. The average molecular weight is 263 g/mol. The zero-order chi connectivity index (χ0) is 13.0. The van der Waals surface area contributed by atoms with Gasteiger partial charge in [0, 0.05) is 11.5 Å². The Hall–Kier alpha value is -1.88. The number of hydrogen-bond acceptors (Lipinski definition) is 3. The van der Waals surface area contributed by atoms with Gasteiger partial charge in [-0.3, -0.25) is 4.79 Å². The molecule has 1 N–H and O–H groups in total. The molecule has 0 fully saturated rings. The Balaban J connectivity index is 1.91. The minimum Gasteiger partial charge on any atom is -0.345 e. The van der Waals surface area contributed by atoms with Crippen LogP contribution in [0, 0.1) is 0 Å². The van der Waals surface area contributed by atoms with Gasteiger partial charge in [-0.05, 0) is 17.7 Å². The largest absolute Gasteiger partial charge is 0.345 e. The topological polar surface area (TPSA) is 63.2 Å². The van der Waals surface area contributed by atoms with Gasteiger partial charge in [-0.2, -0.15) is 0 Å². The van der Waals surface area contributed by atoms with Crippen LogP contribution in [0.1, 0.15) is 5.56 Å². The first kappa shape index (κ1) is 12.6. The third kappa shape index (κ3) is 3.56. The number of sulfone groups is 1. The van der Waals surface area contributed by atoms with Crippen molar-refractivity contribution >= 4 is 21.8 Å². The van der Waals surface area contributed by atoms with Gasteiger partial charge in [0.15, 0.2) is 9.84 Å². The molecule has 0 unspecified atom stereocenters. The fraction of sp³-hybridized carbons (Fsp3) is 0.154. The molecule has 94 valence electrons. The molecule has 18 heavy (non-hydrogen) atoms. The lowest BCUT2D eigenvalue weighted by Gasteiger charge is -2.06. The molecule has 0 radical (unpaired) electrons. The first-order valence-corrected chi connectivity index (χ1v) is 7.21. The molecule has 5 heteroatoms. The summed E-state index contributed by atoms with van der Waals surface area (Å²) in [6.07, 6.45) is 4.57. The minimum atomic E-state index is -3.13. The van der Waals surface area contributed by atoms with Gasteiger partial charge in [0.2, 0.25) is 5.91 Å². The second kappa shape index (κ2) is 5.18. The lowest BCUT2D eigenvalue weighted by molar-refractivity contribution is -0.116. The molecule has 1 aromatic rings. The first-order valence-electron chi connectivity index (χ1n) is 5.50. The third-order valence-corrected chi connectivity index (χ3v) is 3.88. The monoisotopic (exact) mass is 263 g/mol. The van der Waals surface area contributed by atoms with Crippen LogP contribution in [0.5, 0.6) is 0 Å². The van der Waals surface area contributed by atoms with Crippen LogP contribution in [-0.4, -0.2) is 26.1 Å². The van der Waals surface area contributed by atoms with Gasteiger partial charge in [0.05, 0.1) is 11.8 Å². The van der Waals surface area contributed by atoms with Crippen LogP contribution in [0.4, 0.5) is 0 Å². The smallest absolute Gasteiger partial charge is 0.244 e. The van der Waals surface area contributed by atoms with Crippen molar-refractivity contribution in [3.05, 3.63) is 53.5 Å². The lowest BCUT2D eigenvalue weighted by Crippen LogP contribution is -2.34. The van der Waals surface area contributed by atoms with E-state index < -0.39 is 15.9 Å². The SMILES string of the molecule is O=C(/C=C/c1ccccc1)N[C@H]1C=CS(=O)(=O)C1. The van der Waals surface area contributed by atoms with E-state index in [1.165, 1.54) is 12.2 Å². The van der Waals surface area contributed by atoms with Gasteiger partial charge in [0.1, 0.15) is 0 Å². The number of benzene rings is 1. The van der Waals surface area contributed by atoms with Crippen molar-refractivity contribution in [2.75, 3.05) is 5.75 Å². The maximum atomic E-state index is 11.6. The molecule has 1 aromatic carbocycles. The van der Waals surface area contributed by atoms with Gasteiger partial charge in [-0.15, -0.1) is 0 Å². The molecule has 0 spiro atoms. The molecule has 2 rings (SSSR count). The van der Waals surface area contributed by atoms with Gasteiger partial charge in [-0.1, -0.05) is 30.3 Å². The summed E-state index contributed by atoms with van der Waals surface area (Å²) in [7, 11) is -3.13. The number of carbonyl (C=O) groups is 1. The van der Waals surface area contributed by atoms with E-state index in [1.54, 1.807) is 6.08 Å². The molecule has 1 atom stereocenters. The summed E-state index contributed by atoms with van der Waals surface area (Å²) in [6.45, 7) is 0. The van der Waals surface area contributed by atoms with Crippen molar-refractivity contribution in [3.63, 3.8) is 0 Å². The summed E-state index contributed by atoms with van der Waals surface area (Å²) < 4.78 is 22.3. The van der Waals surface area contributed by atoms with Crippen LogP contribution in [0.15, 0.2) is 47.9 Å². The van der Waals surface area contributed by atoms with Gasteiger partial charge >= 0.3 is 0 Å². The maximum absolute atomic E-state index is 11.6. The van der Waals surface area contributed by atoms with Crippen LogP contribution < -0.4 is 5.32 Å². The van der Waals surface area contributed by atoms with Crippen LogP contribution in [0.25, 0.3) is 6.08 Å². The maximum Gasteiger partial charge on any atom is 0.244 e. The Bertz CT molecular complexity index is 588. The van der Waals surface area contributed by atoms with E-state index in [9.17, 15) is 13.2 Å². The molecule has 0 bridgehead atoms. The summed E-state index contributed by atoms with van der Waals surface area (Å²) in [6, 6.07) is 8.98. The number of nitrogens with one attached hydrogen (secondary N) is 1. The van der Waals surface area contributed by atoms with Crippen molar-refractivity contribution in [2.45, 2.75) is 6.04 Å². The molecule has 0 saturated carbocycles. The van der Waals surface area contributed by atoms with E-state index >= 15 is 0 Å². The minimum absolute atomic E-state index is 0.0576. The zero-order valence-corrected chi connectivity index (χ0v) is 10.4. The predicted molar refractivity (Wildman–Crippen MR) is 70.3 cm³/mol. The zero-order valence-electron chi connectivity index (χ0n) is 9.61. The van der Waals surface area contributed by atoms with Crippen molar-refractivity contribution in [2.24, 2.45) is 0 Å². The average Bonchev–Trinajstić information content (AvgIpc) is 2.67. The highest BCUT2D eigenvalue weighted by Gasteiger charge is 2.22. The normalized spacial score (nSPS) is 21.2. The summed E-state index contributed by atoms with van der Waals surface area (Å²) in [5.74, 6) is -0.358. The Morgan fingerprint density at radius 1 is 1.28 bits per heavy atom. The second-order valence-electron chi connectivity index (χ2n) is 4.02. The molecule has 0 aliphatic carbocycles. The van der Waals surface area contributed by atoms with Crippen molar-refractivity contribution < 1.29 is 13.2 Å². The van der Waals surface area contributed by atoms with Gasteiger partial charge in [0.25, 0.3) is 0 Å². The summed E-state index contributed by atoms with van der Waals surface area (Å²) >= 11 is 0. The van der Waals surface area contributed by atoms with Crippen LogP contribution in [0.3, 0.4) is 0 Å². The van der Waals surface area contributed by atoms with E-state index in [0.29, 0.717) is 0 Å². The van der Waals surface area contributed by atoms with Crippen LogP contribution in [-0.2, 0) is 14.6 Å². The first-order chi connectivity index (χ1) is 8.55.